The van der Waals surface area contributed by atoms with E-state index in [0.29, 0.717) is 50.7 Å². The molecule has 6 nitrogen and oxygen atoms in total. The quantitative estimate of drug-likeness (QED) is 0.276. The molecule has 1 aliphatic rings. The summed E-state index contributed by atoms with van der Waals surface area (Å²) in [4.78, 5) is 23.9. The number of hydrogen-bond acceptors (Lipinski definition) is 6. The fraction of sp³-hybridized carbons (Fsp3) is 0.917. The highest BCUT2D eigenvalue weighted by molar-refractivity contribution is 5.60. The lowest BCUT2D eigenvalue weighted by Gasteiger charge is -2.28. The maximum atomic E-state index is 12.0. The molecule has 1 aliphatic carbocycles. The lowest BCUT2D eigenvalue weighted by molar-refractivity contribution is -0.0319. The highest BCUT2D eigenvalue weighted by atomic mass is 16.7. The molecule has 0 N–H and O–H groups in total. The van der Waals surface area contributed by atoms with Gasteiger partial charge in [-0.1, -0.05) is 66.2 Å². The van der Waals surface area contributed by atoms with Crippen LogP contribution in [0.4, 0.5) is 9.59 Å². The Bertz CT molecular complexity index is 417. The van der Waals surface area contributed by atoms with Crippen molar-refractivity contribution >= 4 is 12.3 Å². The van der Waals surface area contributed by atoms with Crippen molar-refractivity contribution in [2.45, 2.75) is 117 Å². The van der Waals surface area contributed by atoms with Crippen molar-refractivity contribution in [1.82, 2.24) is 0 Å². The average Bonchev–Trinajstić information content (AvgIpc) is 2.75. The Kier molecular flexibility index (Phi) is 14.4. The minimum Gasteiger partial charge on any atom is -0.434 e. The molecule has 0 spiro atoms. The van der Waals surface area contributed by atoms with Crippen molar-refractivity contribution in [3.63, 3.8) is 0 Å². The number of carbonyl (C=O) groups is 2. The van der Waals surface area contributed by atoms with Gasteiger partial charge >= 0.3 is 12.3 Å². The normalized spacial score (nSPS) is 20.8. The van der Waals surface area contributed by atoms with Crippen LogP contribution in [0.1, 0.15) is 105 Å². The molecule has 1 saturated carbocycles. The summed E-state index contributed by atoms with van der Waals surface area (Å²) in [5.74, 6) is 0.809. The lowest BCUT2D eigenvalue weighted by atomic mass is 9.95. The van der Waals surface area contributed by atoms with Crippen molar-refractivity contribution in [3.8, 4) is 0 Å². The lowest BCUT2D eigenvalue weighted by Crippen LogP contribution is -2.30. The van der Waals surface area contributed by atoms with E-state index in [4.69, 9.17) is 18.9 Å². The van der Waals surface area contributed by atoms with Crippen LogP contribution in [0.15, 0.2) is 0 Å². The Morgan fingerprint density at radius 3 is 1.37 bits per heavy atom. The molecule has 0 aromatic rings. The Balaban J connectivity index is 2.20. The Morgan fingerprint density at radius 2 is 1.07 bits per heavy atom. The van der Waals surface area contributed by atoms with E-state index in [-0.39, 0.29) is 12.2 Å². The third-order valence-corrected chi connectivity index (χ3v) is 6.11. The molecule has 0 radical (unpaired) electrons. The third-order valence-electron chi connectivity index (χ3n) is 6.11. The molecule has 1 fully saturated rings. The average molecular weight is 429 g/mol. The zero-order valence-electron chi connectivity index (χ0n) is 19.7. The molecular formula is C24H44O6. The van der Waals surface area contributed by atoms with Gasteiger partial charge in [-0.3, -0.25) is 0 Å². The van der Waals surface area contributed by atoms with Gasteiger partial charge in [0.25, 0.3) is 0 Å². The first-order valence-electron chi connectivity index (χ1n) is 12.2. The van der Waals surface area contributed by atoms with Crippen LogP contribution < -0.4 is 0 Å². The summed E-state index contributed by atoms with van der Waals surface area (Å²) in [7, 11) is 0. The number of rotatable bonds is 14. The highest BCUT2D eigenvalue weighted by Crippen LogP contribution is 2.25. The van der Waals surface area contributed by atoms with Gasteiger partial charge in [-0.15, -0.1) is 0 Å². The molecule has 30 heavy (non-hydrogen) atoms. The van der Waals surface area contributed by atoms with Crippen LogP contribution in [0.25, 0.3) is 0 Å². The second kappa shape index (κ2) is 16.3. The van der Waals surface area contributed by atoms with Crippen molar-refractivity contribution in [3.05, 3.63) is 0 Å². The first-order valence-corrected chi connectivity index (χ1v) is 12.2. The molecular weight excluding hydrogens is 384 g/mol. The minimum absolute atomic E-state index is 0.164. The zero-order chi connectivity index (χ0) is 22.2. The molecule has 176 valence electrons. The van der Waals surface area contributed by atoms with Crippen molar-refractivity contribution in [2.75, 3.05) is 13.2 Å². The predicted molar refractivity (Wildman–Crippen MR) is 118 cm³/mol. The first kappa shape index (κ1) is 26.6. The monoisotopic (exact) mass is 428 g/mol. The second-order valence-corrected chi connectivity index (χ2v) is 8.59. The van der Waals surface area contributed by atoms with Gasteiger partial charge in [0.2, 0.25) is 0 Å². The highest BCUT2D eigenvalue weighted by Gasteiger charge is 2.27. The number of unbranched alkanes of at least 4 members (excludes halogenated alkanes) is 2. The molecule has 0 heterocycles. The van der Waals surface area contributed by atoms with Crippen LogP contribution in [0.5, 0.6) is 0 Å². The van der Waals surface area contributed by atoms with E-state index in [0.717, 1.165) is 51.4 Å². The van der Waals surface area contributed by atoms with Crippen molar-refractivity contribution in [1.29, 1.82) is 0 Å². The van der Waals surface area contributed by atoms with Gasteiger partial charge in [0.05, 0.1) is 13.2 Å². The Morgan fingerprint density at radius 1 is 0.700 bits per heavy atom. The van der Waals surface area contributed by atoms with Crippen LogP contribution >= 0.6 is 0 Å². The molecule has 1 rings (SSSR count). The molecule has 2 atom stereocenters. The molecule has 0 amide bonds. The number of carbonyl (C=O) groups excluding carboxylic acids is 2. The summed E-state index contributed by atoms with van der Waals surface area (Å²) in [5.41, 5.74) is 0. The number of hydrogen-bond donors (Lipinski definition) is 0. The second-order valence-electron chi connectivity index (χ2n) is 8.59. The summed E-state index contributed by atoms with van der Waals surface area (Å²) < 4.78 is 21.5. The number of ether oxygens (including phenoxy) is 4. The van der Waals surface area contributed by atoms with E-state index in [1.807, 2.05) is 0 Å². The van der Waals surface area contributed by atoms with E-state index in [1.54, 1.807) is 0 Å². The van der Waals surface area contributed by atoms with E-state index in [9.17, 15) is 9.59 Å². The van der Waals surface area contributed by atoms with Crippen LogP contribution in [-0.2, 0) is 18.9 Å². The summed E-state index contributed by atoms with van der Waals surface area (Å²) >= 11 is 0. The molecule has 0 bridgehead atoms. The van der Waals surface area contributed by atoms with Crippen LogP contribution in [0.3, 0.4) is 0 Å². The van der Waals surface area contributed by atoms with Gasteiger partial charge in [-0.2, -0.15) is 0 Å². The fourth-order valence-corrected chi connectivity index (χ4v) is 3.78. The van der Waals surface area contributed by atoms with Crippen molar-refractivity contribution in [2.24, 2.45) is 11.8 Å². The molecule has 6 heteroatoms. The molecule has 0 saturated heterocycles. The van der Waals surface area contributed by atoms with Gasteiger partial charge in [0, 0.05) is 0 Å². The van der Waals surface area contributed by atoms with E-state index < -0.39 is 12.3 Å². The third kappa shape index (κ3) is 11.7. The standard InChI is InChI=1S/C24H44O6/c1-5-9-11-19(7-3)17-27-23(25)29-21-13-15-22(16-14-21)30-24(26)28-18-20(8-4)12-10-6-2/h19-22H,5-18H2,1-4H3. The van der Waals surface area contributed by atoms with Gasteiger partial charge < -0.3 is 18.9 Å². The van der Waals surface area contributed by atoms with Crippen LogP contribution in [0, 0.1) is 11.8 Å². The minimum atomic E-state index is -0.577. The molecule has 0 aliphatic heterocycles. The van der Waals surface area contributed by atoms with Crippen molar-refractivity contribution < 1.29 is 28.5 Å². The van der Waals surface area contributed by atoms with Gasteiger partial charge in [-0.25, -0.2) is 9.59 Å². The maximum absolute atomic E-state index is 12.0. The van der Waals surface area contributed by atoms with Gasteiger partial charge in [0.1, 0.15) is 12.2 Å². The summed E-state index contributed by atoms with van der Waals surface area (Å²) in [6.45, 7) is 9.42. The summed E-state index contributed by atoms with van der Waals surface area (Å²) in [6.07, 6.45) is 9.99. The Hall–Kier alpha value is -1.46. The van der Waals surface area contributed by atoms with Crippen LogP contribution in [0.2, 0.25) is 0 Å². The van der Waals surface area contributed by atoms with E-state index in [2.05, 4.69) is 27.7 Å². The van der Waals surface area contributed by atoms with E-state index in [1.165, 1.54) is 0 Å². The van der Waals surface area contributed by atoms with Gasteiger partial charge in [-0.05, 0) is 50.4 Å². The summed E-state index contributed by atoms with van der Waals surface area (Å²) in [5, 5.41) is 0. The smallest absolute Gasteiger partial charge is 0.434 e. The first-order chi connectivity index (χ1) is 14.5. The molecule has 2 unspecified atom stereocenters. The SMILES string of the molecule is CCCCC(CC)COC(=O)OC1CCC(OC(=O)OCC(CC)CCCC)CC1. The fourth-order valence-electron chi connectivity index (χ4n) is 3.78. The zero-order valence-corrected chi connectivity index (χ0v) is 19.7. The Labute approximate surface area is 183 Å². The topological polar surface area (TPSA) is 71.1 Å². The molecule has 0 aromatic carbocycles. The summed E-state index contributed by atoms with van der Waals surface area (Å²) in [6, 6.07) is 0. The van der Waals surface area contributed by atoms with E-state index >= 15 is 0 Å². The maximum Gasteiger partial charge on any atom is 0.508 e. The van der Waals surface area contributed by atoms with Gasteiger partial charge in [0.15, 0.2) is 0 Å². The van der Waals surface area contributed by atoms with Crippen LogP contribution in [-0.4, -0.2) is 37.7 Å². The largest absolute Gasteiger partial charge is 0.508 e. The molecule has 0 aromatic heterocycles. The predicted octanol–water partition coefficient (Wildman–Crippen LogP) is 7.04.